The summed E-state index contributed by atoms with van der Waals surface area (Å²) in [6, 6.07) is 0.760. The van der Waals surface area contributed by atoms with Crippen LogP contribution in [0.15, 0.2) is 12.7 Å². The molecule has 4 saturated heterocycles. The maximum Gasteiger partial charge on any atom is 0.311 e. The number of carbonyl (C=O) groups excluding carboxylic acids is 2. The first-order valence-electron chi connectivity index (χ1n) is 11.6. The van der Waals surface area contributed by atoms with Crippen LogP contribution in [0, 0.1) is 35.0 Å². The Morgan fingerprint density at radius 3 is 2.69 bits per heavy atom. The third-order valence-corrected chi connectivity index (χ3v) is 8.84. The Balaban J connectivity index is 1.52. The first-order valence-corrected chi connectivity index (χ1v) is 11.6. The average molecular weight is 402 g/mol. The highest BCUT2D eigenvalue weighted by Gasteiger charge is 2.64. The zero-order valence-electron chi connectivity index (χ0n) is 18.0. The van der Waals surface area contributed by atoms with E-state index >= 15 is 0 Å². The fraction of sp³-hybridized carbons (Fsp3) is 0.833. The molecule has 1 aliphatic carbocycles. The summed E-state index contributed by atoms with van der Waals surface area (Å²) in [4.78, 5) is 27.7. The first-order chi connectivity index (χ1) is 13.8. The summed E-state index contributed by atoms with van der Waals surface area (Å²) in [6.45, 7) is 11.2. The fourth-order valence-electron chi connectivity index (χ4n) is 7.60. The number of rotatable bonds is 3. The molecule has 0 aromatic rings. The number of hydrogen-bond acceptors (Lipinski definition) is 5. The van der Waals surface area contributed by atoms with E-state index in [1.165, 1.54) is 19.3 Å². The van der Waals surface area contributed by atoms with Crippen molar-refractivity contribution in [2.75, 3.05) is 6.54 Å². The molecule has 5 aliphatic rings. The van der Waals surface area contributed by atoms with Crippen molar-refractivity contribution in [2.24, 2.45) is 35.0 Å². The summed E-state index contributed by atoms with van der Waals surface area (Å²) in [6.07, 6.45) is 8.39. The Morgan fingerprint density at radius 1 is 1.21 bits per heavy atom. The Kier molecular flexibility index (Phi) is 4.61. The Hall–Kier alpha value is -1.36. The molecular weight excluding hydrogens is 366 g/mol. The Bertz CT molecular complexity index is 718. The van der Waals surface area contributed by atoms with Gasteiger partial charge in [0.1, 0.15) is 12.2 Å². The van der Waals surface area contributed by atoms with E-state index < -0.39 is 5.41 Å². The van der Waals surface area contributed by atoms with Crippen molar-refractivity contribution in [3.63, 3.8) is 0 Å². The fourth-order valence-corrected chi connectivity index (χ4v) is 7.60. The number of cyclic esters (lactones) is 1. The van der Waals surface area contributed by atoms with Gasteiger partial charge >= 0.3 is 11.9 Å². The van der Waals surface area contributed by atoms with E-state index in [0.717, 1.165) is 25.8 Å². The second kappa shape index (κ2) is 6.83. The molecule has 5 fully saturated rings. The molecule has 29 heavy (non-hydrogen) atoms. The summed E-state index contributed by atoms with van der Waals surface area (Å²) in [7, 11) is 0. The standard InChI is InChI=1S/C24H35NO4/c1-5-8-15-14-9-6-7-10-25-17(18-12-24(3,4)23(27)28-18)11-16(20(14)25)19-13(2)22(26)29-21(15)19/h5,13-21H,1,6-12H2,2-4H3/t13-,14+,15+,16+,17-,18-,19+,20+,21-/m0/s1. The maximum atomic E-state index is 12.6. The highest BCUT2D eigenvalue weighted by molar-refractivity contribution is 5.78. The minimum atomic E-state index is -0.392. The molecule has 4 aliphatic heterocycles. The van der Waals surface area contributed by atoms with Crippen LogP contribution in [0.4, 0.5) is 0 Å². The van der Waals surface area contributed by atoms with E-state index in [2.05, 4.69) is 18.4 Å². The van der Waals surface area contributed by atoms with Crippen LogP contribution in [0.3, 0.4) is 0 Å². The number of ether oxygens (including phenoxy) is 2. The molecule has 160 valence electrons. The van der Waals surface area contributed by atoms with Crippen LogP contribution >= 0.6 is 0 Å². The molecule has 5 heteroatoms. The van der Waals surface area contributed by atoms with Crippen molar-refractivity contribution < 1.29 is 19.1 Å². The van der Waals surface area contributed by atoms with Crippen molar-refractivity contribution in [1.82, 2.24) is 4.90 Å². The molecule has 0 aromatic carbocycles. The van der Waals surface area contributed by atoms with Gasteiger partial charge in [0.15, 0.2) is 0 Å². The number of fused-ring (bicyclic) bond motifs is 2. The molecule has 0 aromatic heterocycles. The largest absolute Gasteiger partial charge is 0.462 e. The van der Waals surface area contributed by atoms with Crippen molar-refractivity contribution in [3.8, 4) is 0 Å². The van der Waals surface area contributed by atoms with Gasteiger partial charge in [-0.2, -0.15) is 0 Å². The lowest BCUT2D eigenvalue weighted by atomic mass is 9.60. The molecule has 0 bridgehead atoms. The van der Waals surface area contributed by atoms with E-state index in [4.69, 9.17) is 9.47 Å². The first kappa shape index (κ1) is 19.6. The van der Waals surface area contributed by atoms with E-state index in [1.807, 2.05) is 19.9 Å². The average Bonchev–Trinajstić information content (AvgIpc) is 3.19. The van der Waals surface area contributed by atoms with Crippen LogP contribution in [0.5, 0.6) is 0 Å². The SMILES string of the molecule is C=CC[C@@H]1[C@H]2CCCCN3[C@H]2[C@H](C[C@H]3[C@@H]2CC(C)(C)C(=O)O2)[C@@H]2[C@H]1OC(=O)[C@H]2C. The lowest BCUT2D eigenvalue weighted by Crippen LogP contribution is -2.54. The van der Waals surface area contributed by atoms with Gasteiger partial charge in [-0.05, 0) is 57.9 Å². The van der Waals surface area contributed by atoms with E-state index in [0.29, 0.717) is 23.8 Å². The molecule has 0 N–H and O–H groups in total. The molecule has 0 unspecified atom stereocenters. The van der Waals surface area contributed by atoms with Crippen LogP contribution in [-0.4, -0.2) is 47.7 Å². The molecular formula is C24H35NO4. The van der Waals surface area contributed by atoms with Gasteiger partial charge in [-0.3, -0.25) is 14.5 Å². The predicted octanol–water partition coefficient (Wildman–Crippen LogP) is 3.57. The zero-order valence-corrected chi connectivity index (χ0v) is 18.0. The zero-order chi connectivity index (χ0) is 20.5. The molecule has 5 rings (SSSR count). The summed E-state index contributed by atoms with van der Waals surface area (Å²) in [5.41, 5.74) is -0.392. The molecule has 0 radical (unpaired) electrons. The Labute approximate surface area is 174 Å². The second-order valence-corrected chi connectivity index (χ2v) is 10.8. The second-order valence-electron chi connectivity index (χ2n) is 10.8. The highest BCUT2D eigenvalue weighted by atomic mass is 16.6. The van der Waals surface area contributed by atoms with Gasteiger partial charge in [0.05, 0.1) is 11.3 Å². The van der Waals surface area contributed by atoms with Crippen molar-refractivity contribution >= 4 is 11.9 Å². The summed E-state index contributed by atoms with van der Waals surface area (Å²) >= 11 is 0. The highest BCUT2D eigenvalue weighted by Crippen LogP contribution is 2.57. The van der Waals surface area contributed by atoms with Gasteiger partial charge in [0.25, 0.3) is 0 Å². The van der Waals surface area contributed by atoms with Gasteiger partial charge in [-0.25, -0.2) is 0 Å². The third kappa shape index (κ3) is 2.83. The van der Waals surface area contributed by atoms with Gasteiger partial charge < -0.3 is 9.47 Å². The third-order valence-electron chi connectivity index (χ3n) is 8.84. The van der Waals surface area contributed by atoms with E-state index in [9.17, 15) is 9.59 Å². The monoisotopic (exact) mass is 401 g/mol. The van der Waals surface area contributed by atoms with Crippen LogP contribution < -0.4 is 0 Å². The lowest BCUT2D eigenvalue weighted by molar-refractivity contribution is -0.149. The number of esters is 2. The van der Waals surface area contributed by atoms with Gasteiger partial charge in [-0.15, -0.1) is 6.58 Å². The van der Waals surface area contributed by atoms with E-state index in [1.54, 1.807) is 0 Å². The van der Waals surface area contributed by atoms with Gasteiger partial charge in [-0.1, -0.05) is 19.4 Å². The van der Waals surface area contributed by atoms with Crippen LogP contribution in [-0.2, 0) is 19.1 Å². The topological polar surface area (TPSA) is 55.8 Å². The normalized spacial score (nSPS) is 48.4. The van der Waals surface area contributed by atoms with Crippen LogP contribution in [0.2, 0.25) is 0 Å². The van der Waals surface area contributed by atoms with Crippen molar-refractivity contribution in [3.05, 3.63) is 12.7 Å². The van der Waals surface area contributed by atoms with Gasteiger partial charge in [0, 0.05) is 30.3 Å². The summed E-state index contributed by atoms with van der Waals surface area (Å²) in [5.74, 6) is 1.53. The quantitative estimate of drug-likeness (QED) is 0.535. The Morgan fingerprint density at radius 2 is 2.00 bits per heavy atom. The van der Waals surface area contributed by atoms with E-state index in [-0.39, 0.29) is 42.0 Å². The molecule has 4 heterocycles. The molecule has 0 spiro atoms. The van der Waals surface area contributed by atoms with Crippen LogP contribution in [0.25, 0.3) is 0 Å². The van der Waals surface area contributed by atoms with Crippen molar-refractivity contribution in [1.29, 1.82) is 0 Å². The smallest absolute Gasteiger partial charge is 0.311 e. The minimum absolute atomic E-state index is 0.0195. The van der Waals surface area contributed by atoms with Crippen LogP contribution in [0.1, 0.15) is 59.3 Å². The summed E-state index contributed by atoms with van der Waals surface area (Å²) in [5, 5.41) is 0. The summed E-state index contributed by atoms with van der Waals surface area (Å²) < 4.78 is 11.9. The molecule has 9 atom stereocenters. The number of nitrogens with zero attached hydrogens (tertiary/aromatic N) is 1. The lowest BCUT2D eigenvalue weighted by Gasteiger charge is -2.48. The minimum Gasteiger partial charge on any atom is -0.462 e. The maximum absolute atomic E-state index is 12.6. The predicted molar refractivity (Wildman–Crippen MR) is 109 cm³/mol. The molecule has 1 saturated carbocycles. The number of allylic oxidation sites excluding steroid dienone is 1. The number of carbonyl (C=O) groups is 2. The van der Waals surface area contributed by atoms with Gasteiger partial charge in [0.2, 0.25) is 0 Å². The molecule has 5 nitrogen and oxygen atoms in total. The number of hydrogen-bond donors (Lipinski definition) is 0. The molecule has 0 amide bonds. The van der Waals surface area contributed by atoms with Crippen molar-refractivity contribution in [2.45, 2.75) is 83.6 Å².